The number of carbonyl (C=O) groups is 2. The van der Waals surface area contributed by atoms with E-state index in [-0.39, 0.29) is 24.0 Å². The van der Waals surface area contributed by atoms with Gasteiger partial charge in [-0.25, -0.2) is 0 Å². The Labute approximate surface area is 154 Å². The van der Waals surface area contributed by atoms with Crippen molar-refractivity contribution in [1.29, 1.82) is 0 Å². The first-order chi connectivity index (χ1) is 12.3. The normalized spacial score (nSPS) is 17.3. The van der Waals surface area contributed by atoms with Gasteiger partial charge in [0.2, 0.25) is 12.7 Å². The number of piperazine rings is 1. The summed E-state index contributed by atoms with van der Waals surface area (Å²) in [5, 5.41) is 2.94. The summed E-state index contributed by atoms with van der Waals surface area (Å²) in [5.74, 6) is 1.36. The molecule has 0 aromatic heterocycles. The van der Waals surface area contributed by atoms with Gasteiger partial charge in [0.15, 0.2) is 11.5 Å². The molecule has 1 N–H and O–H groups in total. The fourth-order valence-electron chi connectivity index (χ4n) is 3.12. The second-order valence-electron chi connectivity index (χ2n) is 7.71. The number of carbonyl (C=O) groups excluding carboxylic acids is 2. The van der Waals surface area contributed by atoms with Gasteiger partial charge in [0.05, 0.1) is 0 Å². The summed E-state index contributed by atoms with van der Waals surface area (Å²) < 4.78 is 10.6. The largest absolute Gasteiger partial charge is 0.454 e. The molecule has 0 saturated carbocycles. The molecule has 1 fully saturated rings. The summed E-state index contributed by atoms with van der Waals surface area (Å²) in [6.07, 6.45) is 0. The minimum absolute atomic E-state index is 0.121. The molecule has 1 aromatic carbocycles. The molecule has 1 saturated heterocycles. The fourth-order valence-corrected chi connectivity index (χ4v) is 3.12. The number of benzene rings is 1. The van der Waals surface area contributed by atoms with E-state index in [1.54, 1.807) is 18.2 Å². The zero-order valence-electron chi connectivity index (χ0n) is 15.7. The average Bonchev–Trinajstić information content (AvgIpc) is 3.08. The SMILES string of the molecule is CC(C)(C)C(=O)N1CCN(CCNC(=O)c2ccc3c(c2)OCO3)CC1. The van der Waals surface area contributed by atoms with Gasteiger partial charge in [-0.05, 0) is 18.2 Å². The highest BCUT2D eigenvalue weighted by Crippen LogP contribution is 2.32. The first-order valence-corrected chi connectivity index (χ1v) is 9.04. The van der Waals surface area contributed by atoms with E-state index in [9.17, 15) is 9.59 Å². The van der Waals surface area contributed by atoms with Gasteiger partial charge < -0.3 is 19.7 Å². The minimum Gasteiger partial charge on any atom is -0.454 e. The maximum absolute atomic E-state index is 12.3. The van der Waals surface area contributed by atoms with Crippen molar-refractivity contribution >= 4 is 11.8 Å². The standard InChI is InChI=1S/C19H27N3O4/c1-19(2,3)18(24)22-10-8-21(9-11-22)7-6-20-17(23)14-4-5-15-16(12-14)26-13-25-15/h4-5,12H,6-11,13H2,1-3H3,(H,20,23). The molecular formula is C19H27N3O4. The van der Waals surface area contributed by atoms with E-state index >= 15 is 0 Å². The lowest BCUT2D eigenvalue weighted by atomic mass is 9.94. The molecule has 2 aliphatic heterocycles. The predicted molar refractivity (Wildman–Crippen MR) is 97.4 cm³/mol. The molecule has 7 nitrogen and oxygen atoms in total. The van der Waals surface area contributed by atoms with Gasteiger partial charge in [-0.1, -0.05) is 20.8 Å². The van der Waals surface area contributed by atoms with Crippen LogP contribution in [0, 0.1) is 5.41 Å². The van der Waals surface area contributed by atoms with Crippen LogP contribution in [0.15, 0.2) is 18.2 Å². The lowest BCUT2D eigenvalue weighted by molar-refractivity contribution is -0.141. The van der Waals surface area contributed by atoms with Gasteiger partial charge in [-0.3, -0.25) is 14.5 Å². The van der Waals surface area contributed by atoms with Crippen LogP contribution in [0.2, 0.25) is 0 Å². The van der Waals surface area contributed by atoms with Gasteiger partial charge in [-0.15, -0.1) is 0 Å². The first kappa shape index (κ1) is 18.5. The Morgan fingerprint density at radius 2 is 1.77 bits per heavy atom. The van der Waals surface area contributed by atoms with E-state index in [4.69, 9.17) is 9.47 Å². The van der Waals surface area contributed by atoms with E-state index in [2.05, 4.69) is 10.2 Å². The van der Waals surface area contributed by atoms with Crippen LogP contribution in [0.1, 0.15) is 31.1 Å². The third kappa shape index (κ3) is 4.27. The molecule has 0 atom stereocenters. The van der Waals surface area contributed by atoms with E-state index in [1.807, 2.05) is 25.7 Å². The number of amides is 2. The molecule has 1 aromatic rings. The molecular weight excluding hydrogens is 334 g/mol. The summed E-state index contributed by atoms with van der Waals surface area (Å²) in [6, 6.07) is 5.19. The van der Waals surface area contributed by atoms with Crippen molar-refractivity contribution in [3.8, 4) is 11.5 Å². The molecule has 0 bridgehead atoms. The highest BCUT2D eigenvalue weighted by atomic mass is 16.7. The van der Waals surface area contributed by atoms with Crippen LogP contribution < -0.4 is 14.8 Å². The topological polar surface area (TPSA) is 71.1 Å². The molecule has 2 amide bonds. The van der Waals surface area contributed by atoms with E-state index in [0.717, 1.165) is 32.7 Å². The second kappa shape index (κ2) is 7.53. The van der Waals surface area contributed by atoms with Gasteiger partial charge in [0.1, 0.15) is 0 Å². The van der Waals surface area contributed by atoms with Crippen molar-refractivity contribution in [1.82, 2.24) is 15.1 Å². The second-order valence-corrected chi connectivity index (χ2v) is 7.71. The summed E-state index contributed by atoms with van der Waals surface area (Å²) in [5.41, 5.74) is 0.232. The molecule has 2 aliphatic rings. The number of hydrogen-bond acceptors (Lipinski definition) is 5. The van der Waals surface area contributed by atoms with E-state index in [1.165, 1.54) is 0 Å². The minimum atomic E-state index is -0.333. The van der Waals surface area contributed by atoms with Crippen molar-refractivity contribution in [2.45, 2.75) is 20.8 Å². The number of ether oxygens (including phenoxy) is 2. The lowest BCUT2D eigenvalue weighted by Gasteiger charge is -2.37. The zero-order valence-corrected chi connectivity index (χ0v) is 15.7. The quantitative estimate of drug-likeness (QED) is 0.876. The highest BCUT2D eigenvalue weighted by molar-refractivity contribution is 5.94. The smallest absolute Gasteiger partial charge is 0.251 e. The van der Waals surface area contributed by atoms with Crippen LogP contribution in [0.5, 0.6) is 11.5 Å². The molecule has 26 heavy (non-hydrogen) atoms. The molecule has 3 rings (SSSR count). The van der Waals surface area contributed by atoms with Gasteiger partial charge >= 0.3 is 0 Å². The third-order valence-corrected chi connectivity index (χ3v) is 4.65. The number of nitrogens with zero attached hydrogens (tertiary/aromatic N) is 2. The van der Waals surface area contributed by atoms with Crippen molar-refractivity contribution < 1.29 is 19.1 Å². The maximum atomic E-state index is 12.3. The predicted octanol–water partition coefficient (Wildman–Crippen LogP) is 1.34. The Kier molecular flexibility index (Phi) is 5.36. The summed E-state index contributed by atoms with van der Waals surface area (Å²) in [7, 11) is 0. The fraction of sp³-hybridized carbons (Fsp3) is 0.579. The summed E-state index contributed by atoms with van der Waals surface area (Å²) in [6.45, 7) is 10.5. The Morgan fingerprint density at radius 1 is 1.08 bits per heavy atom. The third-order valence-electron chi connectivity index (χ3n) is 4.65. The van der Waals surface area contributed by atoms with Crippen LogP contribution in [0.4, 0.5) is 0 Å². The van der Waals surface area contributed by atoms with Crippen LogP contribution >= 0.6 is 0 Å². The number of nitrogens with one attached hydrogen (secondary N) is 1. The summed E-state index contributed by atoms with van der Waals surface area (Å²) in [4.78, 5) is 28.8. The monoisotopic (exact) mass is 361 g/mol. The number of rotatable bonds is 4. The first-order valence-electron chi connectivity index (χ1n) is 9.04. The molecule has 0 spiro atoms. The molecule has 2 heterocycles. The Morgan fingerprint density at radius 3 is 2.46 bits per heavy atom. The summed E-state index contributed by atoms with van der Waals surface area (Å²) >= 11 is 0. The van der Waals surface area contributed by atoms with Crippen molar-refractivity contribution in [2.75, 3.05) is 46.1 Å². The number of fused-ring (bicyclic) bond motifs is 1. The van der Waals surface area contributed by atoms with Crippen LogP contribution in [0.3, 0.4) is 0 Å². The maximum Gasteiger partial charge on any atom is 0.251 e. The van der Waals surface area contributed by atoms with E-state index in [0.29, 0.717) is 23.6 Å². The van der Waals surface area contributed by atoms with Crippen molar-refractivity contribution in [3.05, 3.63) is 23.8 Å². The lowest BCUT2D eigenvalue weighted by Crippen LogP contribution is -2.52. The van der Waals surface area contributed by atoms with Crippen LogP contribution in [-0.4, -0.2) is 67.7 Å². The highest BCUT2D eigenvalue weighted by Gasteiger charge is 2.29. The molecule has 0 radical (unpaired) electrons. The van der Waals surface area contributed by atoms with Crippen molar-refractivity contribution in [3.63, 3.8) is 0 Å². The molecule has 0 unspecified atom stereocenters. The zero-order chi connectivity index (χ0) is 18.7. The Bertz CT molecular complexity index is 676. The van der Waals surface area contributed by atoms with Crippen LogP contribution in [0.25, 0.3) is 0 Å². The number of hydrogen-bond donors (Lipinski definition) is 1. The van der Waals surface area contributed by atoms with Gasteiger partial charge in [-0.2, -0.15) is 0 Å². The van der Waals surface area contributed by atoms with Gasteiger partial charge in [0.25, 0.3) is 5.91 Å². The van der Waals surface area contributed by atoms with Crippen LogP contribution in [-0.2, 0) is 4.79 Å². The molecule has 0 aliphatic carbocycles. The van der Waals surface area contributed by atoms with Gasteiger partial charge in [0, 0.05) is 50.2 Å². The Hall–Kier alpha value is -2.28. The molecule has 142 valence electrons. The Balaban J connectivity index is 1.40. The molecule has 7 heteroatoms. The van der Waals surface area contributed by atoms with Crippen molar-refractivity contribution in [2.24, 2.45) is 5.41 Å². The van der Waals surface area contributed by atoms with E-state index < -0.39 is 0 Å². The average molecular weight is 361 g/mol.